The topological polar surface area (TPSA) is 20.2 Å². The van der Waals surface area contributed by atoms with Gasteiger partial charge in [0, 0.05) is 0 Å². The number of aliphatic hydroxyl groups is 1. The molecule has 0 heterocycles. The van der Waals surface area contributed by atoms with Crippen LogP contribution in [0.4, 0.5) is 8.78 Å². The number of aliphatic hydroxyl groups excluding tert-OH is 1. The van der Waals surface area contributed by atoms with Crippen LogP contribution in [-0.4, -0.2) is 5.11 Å². The summed E-state index contributed by atoms with van der Waals surface area (Å²) in [6.45, 7) is -0.0833. The third-order valence-electron chi connectivity index (χ3n) is 2.39. The Morgan fingerprint density at radius 3 is 1.94 bits per heavy atom. The van der Waals surface area contributed by atoms with Crippen molar-refractivity contribution in [3.8, 4) is 11.1 Å². The van der Waals surface area contributed by atoms with E-state index in [0.29, 0.717) is 11.1 Å². The number of rotatable bonds is 2. The molecule has 82 valence electrons. The lowest BCUT2D eigenvalue weighted by Gasteiger charge is -2.05. The Balaban J connectivity index is 2.50. The highest BCUT2D eigenvalue weighted by Gasteiger charge is 2.10. The van der Waals surface area contributed by atoms with E-state index in [1.54, 1.807) is 24.3 Å². The Kier molecular flexibility index (Phi) is 2.97. The third-order valence-corrected chi connectivity index (χ3v) is 2.39. The van der Waals surface area contributed by atoms with Crippen molar-refractivity contribution in [2.45, 2.75) is 6.61 Å². The van der Waals surface area contributed by atoms with Gasteiger partial charge in [0.15, 0.2) is 0 Å². The summed E-state index contributed by atoms with van der Waals surface area (Å²) in [5.74, 6) is -1.17. The van der Waals surface area contributed by atoms with E-state index in [9.17, 15) is 8.78 Å². The molecule has 0 fully saturated rings. The van der Waals surface area contributed by atoms with Crippen molar-refractivity contribution in [3.05, 3.63) is 59.7 Å². The number of hydrogen-bond acceptors (Lipinski definition) is 1. The molecule has 1 nitrogen and oxygen atoms in total. The second-order valence-corrected chi connectivity index (χ2v) is 3.45. The lowest BCUT2D eigenvalue weighted by Crippen LogP contribution is -1.90. The van der Waals surface area contributed by atoms with Crippen molar-refractivity contribution in [2.24, 2.45) is 0 Å². The van der Waals surface area contributed by atoms with Crippen molar-refractivity contribution in [1.82, 2.24) is 0 Å². The minimum Gasteiger partial charge on any atom is -0.392 e. The molecule has 0 unspecified atom stereocenters. The average molecular weight is 220 g/mol. The monoisotopic (exact) mass is 220 g/mol. The maximum absolute atomic E-state index is 13.4. The Bertz CT molecular complexity index is 472. The summed E-state index contributed by atoms with van der Waals surface area (Å²) in [4.78, 5) is 0. The van der Waals surface area contributed by atoms with Crippen molar-refractivity contribution in [2.75, 3.05) is 0 Å². The number of halogens is 2. The summed E-state index contributed by atoms with van der Waals surface area (Å²) in [5.41, 5.74) is 1.14. The van der Waals surface area contributed by atoms with Crippen LogP contribution in [0.25, 0.3) is 11.1 Å². The summed E-state index contributed by atoms with van der Waals surface area (Å²) < 4.78 is 26.9. The molecule has 0 saturated carbocycles. The Labute approximate surface area is 92.0 Å². The predicted octanol–water partition coefficient (Wildman–Crippen LogP) is 3.12. The van der Waals surface area contributed by atoms with E-state index in [2.05, 4.69) is 0 Å². The Hall–Kier alpha value is -1.74. The third kappa shape index (κ3) is 1.95. The van der Waals surface area contributed by atoms with Crippen LogP contribution in [0.5, 0.6) is 0 Å². The zero-order valence-electron chi connectivity index (χ0n) is 8.45. The van der Waals surface area contributed by atoms with Crippen LogP contribution in [0.1, 0.15) is 5.56 Å². The van der Waals surface area contributed by atoms with E-state index in [4.69, 9.17) is 5.11 Å². The molecule has 16 heavy (non-hydrogen) atoms. The molecule has 0 radical (unpaired) electrons. The van der Waals surface area contributed by atoms with Gasteiger partial charge in [-0.25, -0.2) is 8.78 Å². The maximum atomic E-state index is 13.4. The van der Waals surface area contributed by atoms with Crippen LogP contribution in [0.3, 0.4) is 0 Å². The normalized spacial score (nSPS) is 10.4. The molecule has 0 atom stereocenters. The van der Waals surface area contributed by atoms with Crippen LogP contribution in [0.2, 0.25) is 0 Å². The van der Waals surface area contributed by atoms with E-state index >= 15 is 0 Å². The summed E-state index contributed by atoms with van der Waals surface area (Å²) in [7, 11) is 0. The molecule has 0 aromatic heterocycles. The molecule has 0 saturated heterocycles. The van der Waals surface area contributed by atoms with Crippen LogP contribution in [0.15, 0.2) is 42.5 Å². The summed E-state index contributed by atoms with van der Waals surface area (Å²) in [6.07, 6.45) is 0. The first-order valence-electron chi connectivity index (χ1n) is 4.86. The highest BCUT2D eigenvalue weighted by molar-refractivity contribution is 5.65. The van der Waals surface area contributed by atoms with Crippen molar-refractivity contribution in [1.29, 1.82) is 0 Å². The quantitative estimate of drug-likeness (QED) is 0.824. The fourth-order valence-corrected chi connectivity index (χ4v) is 1.55. The summed E-state index contributed by atoms with van der Waals surface area (Å²) in [6, 6.07) is 10.2. The van der Waals surface area contributed by atoms with Gasteiger partial charge in [-0.15, -0.1) is 0 Å². The second kappa shape index (κ2) is 4.41. The van der Waals surface area contributed by atoms with Gasteiger partial charge >= 0.3 is 0 Å². The highest BCUT2D eigenvalue weighted by atomic mass is 19.1. The fraction of sp³-hybridized carbons (Fsp3) is 0.0769. The summed E-state index contributed by atoms with van der Waals surface area (Å²) >= 11 is 0. The summed E-state index contributed by atoms with van der Waals surface area (Å²) in [5, 5.41) is 8.86. The van der Waals surface area contributed by atoms with Crippen LogP contribution >= 0.6 is 0 Å². The molecule has 0 amide bonds. The number of benzene rings is 2. The van der Waals surface area contributed by atoms with Gasteiger partial charge in [0.25, 0.3) is 0 Å². The minimum absolute atomic E-state index is 0.0352. The van der Waals surface area contributed by atoms with Gasteiger partial charge < -0.3 is 5.11 Å². The van der Waals surface area contributed by atoms with Gasteiger partial charge in [-0.2, -0.15) is 0 Å². The van der Waals surface area contributed by atoms with Crippen LogP contribution in [0, 0.1) is 11.6 Å². The lowest BCUT2D eigenvalue weighted by atomic mass is 10.0. The molecule has 1 N–H and O–H groups in total. The molecule has 0 bridgehead atoms. The SMILES string of the molecule is OCc1ccc(-c2c(F)cccc2F)cc1. The molecule has 2 aromatic carbocycles. The van der Waals surface area contributed by atoms with Crippen molar-refractivity contribution < 1.29 is 13.9 Å². The van der Waals surface area contributed by atoms with Crippen molar-refractivity contribution in [3.63, 3.8) is 0 Å². The van der Waals surface area contributed by atoms with E-state index < -0.39 is 11.6 Å². The van der Waals surface area contributed by atoms with E-state index in [-0.39, 0.29) is 12.2 Å². The van der Waals surface area contributed by atoms with Crippen LogP contribution < -0.4 is 0 Å². The molecule has 0 aliphatic carbocycles. The van der Waals surface area contributed by atoms with Gasteiger partial charge in [0.2, 0.25) is 0 Å². The molecule has 0 spiro atoms. The van der Waals surface area contributed by atoms with Gasteiger partial charge in [-0.3, -0.25) is 0 Å². The van der Waals surface area contributed by atoms with E-state index in [1.807, 2.05) is 0 Å². The first-order chi connectivity index (χ1) is 7.72. The maximum Gasteiger partial charge on any atom is 0.133 e. The van der Waals surface area contributed by atoms with Gasteiger partial charge in [0.05, 0.1) is 12.2 Å². The fourth-order valence-electron chi connectivity index (χ4n) is 1.55. The van der Waals surface area contributed by atoms with Gasteiger partial charge in [-0.05, 0) is 23.3 Å². The predicted molar refractivity (Wildman–Crippen MR) is 57.7 cm³/mol. The molecule has 3 heteroatoms. The smallest absolute Gasteiger partial charge is 0.133 e. The lowest BCUT2D eigenvalue weighted by molar-refractivity contribution is 0.282. The molecular formula is C13H10F2O. The second-order valence-electron chi connectivity index (χ2n) is 3.45. The molecular weight excluding hydrogens is 210 g/mol. The van der Waals surface area contributed by atoms with Crippen LogP contribution in [-0.2, 0) is 6.61 Å². The molecule has 2 rings (SSSR count). The number of hydrogen-bond donors (Lipinski definition) is 1. The average Bonchev–Trinajstić information content (AvgIpc) is 2.30. The van der Waals surface area contributed by atoms with E-state index in [0.717, 1.165) is 0 Å². The standard InChI is InChI=1S/C13H10F2O/c14-11-2-1-3-12(15)13(11)10-6-4-9(8-16)5-7-10/h1-7,16H,8H2. The van der Waals surface area contributed by atoms with Gasteiger partial charge in [-0.1, -0.05) is 30.3 Å². The largest absolute Gasteiger partial charge is 0.392 e. The first kappa shape index (κ1) is 10.8. The zero-order chi connectivity index (χ0) is 11.5. The minimum atomic E-state index is -0.586. The van der Waals surface area contributed by atoms with Gasteiger partial charge in [0.1, 0.15) is 11.6 Å². The molecule has 0 aliphatic rings. The first-order valence-corrected chi connectivity index (χ1v) is 4.86. The Morgan fingerprint density at radius 1 is 0.875 bits per heavy atom. The zero-order valence-corrected chi connectivity index (χ0v) is 8.45. The molecule has 0 aliphatic heterocycles. The molecule has 2 aromatic rings. The Morgan fingerprint density at radius 2 is 1.44 bits per heavy atom. The van der Waals surface area contributed by atoms with Crippen molar-refractivity contribution >= 4 is 0 Å². The van der Waals surface area contributed by atoms with E-state index in [1.165, 1.54) is 18.2 Å². The highest BCUT2D eigenvalue weighted by Crippen LogP contribution is 2.25.